The number of carbonyl (C=O) groups excluding carboxylic acids is 1. The van der Waals surface area contributed by atoms with Crippen molar-refractivity contribution in [3.8, 4) is 0 Å². The minimum Gasteiger partial charge on any atom is -0.383 e. The number of methoxy groups -OCH3 is 1. The Morgan fingerprint density at radius 1 is 1.35 bits per heavy atom. The number of likely N-dealkylation sites (tertiary alicyclic amines) is 1. The van der Waals surface area contributed by atoms with E-state index >= 15 is 0 Å². The number of hydrogen-bond acceptors (Lipinski definition) is 3. The van der Waals surface area contributed by atoms with Crippen LogP contribution in [0.4, 0.5) is 0 Å². The molecule has 2 heterocycles. The highest BCUT2D eigenvalue weighted by Crippen LogP contribution is 2.30. The Labute approximate surface area is 137 Å². The third kappa shape index (κ3) is 3.24. The predicted octanol–water partition coefficient (Wildman–Crippen LogP) is 2.65. The minimum atomic E-state index is 0.172. The van der Waals surface area contributed by atoms with Gasteiger partial charge in [0.05, 0.1) is 17.6 Å². The van der Waals surface area contributed by atoms with Crippen LogP contribution < -0.4 is 0 Å². The second kappa shape index (κ2) is 6.71. The number of hydrogen-bond donors (Lipinski definition) is 0. The van der Waals surface area contributed by atoms with E-state index in [1.807, 2.05) is 23.1 Å². The molecule has 0 radical (unpaired) electrons. The summed E-state index contributed by atoms with van der Waals surface area (Å²) < 4.78 is 7.47. The molecule has 0 saturated carbocycles. The normalized spacial score (nSPS) is 18.5. The van der Waals surface area contributed by atoms with Gasteiger partial charge < -0.3 is 14.2 Å². The van der Waals surface area contributed by atoms with E-state index in [1.54, 1.807) is 7.11 Å². The molecule has 0 N–H and O–H groups in total. The van der Waals surface area contributed by atoms with Gasteiger partial charge in [-0.05, 0) is 18.1 Å². The van der Waals surface area contributed by atoms with Crippen LogP contribution in [0.1, 0.15) is 32.0 Å². The summed E-state index contributed by atoms with van der Waals surface area (Å²) in [5, 5.41) is 0. The molecule has 1 aromatic heterocycles. The van der Waals surface area contributed by atoms with E-state index in [9.17, 15) is 4.79 Å². The Hall–Kier alpha value is -1.88. The second-order valence-electron chi connectivity index (χ2n) is 6.70. The van der Waals surface area contributed by atoms with E-state index in [0.29, 0.717) is 18.9 Å². The fraction of sp³-hybridized carbons (Fsp3) is 0.556. The SMILES string of the molecule is COCCn1c(C2CC(=O)N(CC(C)C)C2)nc2ccccc21. The van der Waals surface area contributed by atoms with Crippen molar-refractivity contribution in [2.45, 2.75) is 32.7 Å². The van der Waals surface area contributed by atoms with Crippen molar-refractivity contribution in [3.05, 3.63) is 30.1 Å². The quantitative estimate of drug-likeness (QED) is 0.823. The van der Waals surface area contributed by atoms with E-state index in [-0.39, 0.29) is 11.8 Å². The summed E-state index contributed by atoms with van der Waals surface area (Å²) in [5.41, 5.74) is 2.11. The van der Waals surface area contributed by atoms with Gasteiger partial charge in [-0.3, -0.25) is 4.79 Å². The fourth-order valence-corrected chi connectivity index (χ4v) is 3.39. The van der Waals surface area contributed by atoms with Gasteiger partial charge in [-0.15, -0.1) is 0 Å². The van der Waals surface area contributed by atoms with Crippen LogP contribution in [-0.2, 0) is 16.1 Å². The number of para-hydroxylation sites is 2. The number of carbonyl (C=O) groups is 1. The molecule has 1 aliphatic rings. The Morgan fingerprint density at radius 3 is 2.87 bits per heavy atom. The molecule has 3 rings (SSSR count). The number of imidazole rings is 1. The summed E-state index contributed by atoms with van der Waals surface area (Å²) in [4.78, 5) is 19.1. The lowest BCUT2D eigenvalue weighted by Gasteiger charge is -2.19. The molecule has 124 valence electrons. The molecule has 0 spiro atoms. The number of fused-ring (bicyclic) bond motifs is 1. The number of amides is 1. The average molecular weight is 315 g/mol. The number of rotatable bonds is 6. The first-order chi connectivity index (χ1) is 11.1. The molecule has 2 aromatic rings. The summed E-state index contributed by atoms with van der Waals surface area (Å²) >= 11 is 0. The summed E-state index contributed by atoms with van der Waals surface area (Å²) in [6.07, 6.45) is 0.559. The first kappa shape index (κ1) is 16.0. The van der Waals surface area contributed by atoms with Crippen LogP contribution in [0.25, 0.3) is 11.0 Å². The maximum Gasteiger partial charge on any atom is 0.223 e. The number of aromatic nitrogens is 2. The molecular weight excluding hydrogens is 290 g/mol. The first-order valence-corrected chi connectivity index (χ1v) is 8.32. The highest BCUT2D eigenvalue weighted by atomic mass is 16.5. The average Bonchev–Trinajstić information content (AvgIpc) is 3.06. The van der Waals surface area contributed by atoms with Crippen LogP contribution in [0.3, 0.4) is 0 Å². The largest absolute Gasteiger partial charge is 0.383 e. The summed E-state index contributed by atoms with van der Waals surface area (Å²) in [5.74, 6) is 1.92. The highest BCUT2D eigenvalue weighted by Gasteiger charge is 2.34. The summed E-state index contributed by atoms with van der Waals surface area (Å²) in [7, 11) is 1.71. The van der Waals surface area contributed by atoms with E-state index in [0.717, 1.165) is 36.5 Å². The Morgan fingerprint density at radius 2 is 2.13 bits per heavy atom. The molecule has 1 fully saturated rings. The lowest BCUT2D eigenvalue weighted by molar-refractivity contribution is -0.128. The third-order valence-electron chi connectivity index (χ3n) is 4.37. The molecule has 1 aromatic carbocycles. The first-order valence-electron chi connectivity index (χ1n) is 8.32. The maximum atomic E-state index is 12.3. The zero-order valence-electron chi connectivity index (χ0n) is 14.2. The summed E-state index contributed by atoms with van der Waals surface area (Å²) in [6.45, 7) is 7.30. The van der Waals surface area contributed by atoms with Crippen LogP contribution in [-0.4, -0.2) is 47.2 Å². The van der Waals surface area contributed by atoms with Crippen LogP contribution in [0.15, 0.2) is 24.3 Å². The van der Waals surface area contributed by atoms with Gasteiger partial charge in [-0.1, -0.05) is 26.0 Å². The Kier molecular flexibility index (Phi) is 4.66. The van der Waals surface area contributed by atoms with Gasteiger partial charge in [0.25, 0.3) is 0 Å². The van der Waals surface area contributed by atoms with Crippen molar-refractivity contribution in [3.63, 3.8) is 0 Å². The van der Waals surface area contributed by atoms with Crippen molar-refractivity contribution in [1.29, 1.82) is 0 Å². The van der Waals surface area contributed by atoms with Crippen molar-refractivity contribution in [2.24, 2.45) is 5.92 Å². The number of ether oxygens (including phenoxy) is 1. The van der Waals surface area contributed by atoms with Crippen LogP contribution in [0, 0.1) is 5.92 Å². The van der Waals surface area contributed by atoms with Crippen molar-refractivity contribution < 1.29 is 9.53 Å². The molecule has 5 nitrogen and oxygen atoms in total. The lowest BCUT2D eigenvalue weighted by atomic mass is 10.1. The smallest absolute Gasteiger partial charge is 0.223 e. The van der Waals surface area contributed by atoms with Crippen molar-refractivity contribution in [2.75, 3.05) is 26.8 Å². The topological polar surface area (TPSA) is 47.4 Å². The molecule has 1 unspecified atom stereocenters. The van der Waals surface area contributed by atoms with Crippen LogP contribution in [0.2, 0.25) is 0 Å². The number of benzene rings is 1. The molecule has 0 bridgehead atoms. The van der Waals surface area contributed by atoms with E-state index in [2.05, 4.69) is 24.5 Å². The fourth-order valence-electron chi connectivity index (χ4n) is 3.39. The molecular formula is C18H25N3O2. The zero-order chi connectivity index (χ0) is 16.4. The third-order valence-corrected chi connectivity index (χ3v) is 4.37. The van der Waals surface area contributed by atoms with Crippen LogP contribution >= 0.6 is 0 Å². The van der Waals surface area contributed by atoms with Crippen LogP contribution in [0.5, 0.6) is 0 Å². The second-order valence-corrected chi connectivity index (χ2v) is 6.70. The predicted molar refractivity (Wildman–Crippen MR) is 90.4 cm³/mol. The molecule has 1 amide bonds. The molecule has 1 saturated heterocycles. The van der Waals surface area contributed by atoms with Gasteiger partial charge in [-0.25, -0.2) is 4.98 Å². The zero-order valence-corrected chi connectivity index (χ0v) is 14.2. The monoisotopic (exact) mass is 315 g/mol. The highest BCUT2D eigenvalue weighted by molar-refractivity contribution is 5.80. The standard InChI is InChI=1S/C18H25N3O2/c1-13(2)11-20-12-14(10-17(20)22)18-19-15-6-4-5-7-16(15)21(18)8-9-23-3/h4-7,13-14H,8-12H2,1-3H3. The van der Waals surface area contributed by atoms with Gasteiger partial charge in [0, 0.05) is 39.1 Å². The van der Waals surface area contributed by atoms with Crippen molar-refractivity contribution >= 4 is 16.9 Å². The minimum absolute atomic E-state index is 0.172. The number of nitrogens with zero attached hydrogens (tertiary/aromatic N) is 3. The van der Waals surface area contributed by atoms with Gasteiger partial charge in [0.1, 0.15) is 5.82 Å². The lowest BCUT2D eigenvalue weighted by Crippen LogP contribution is -2.29. The Bertz CT molecular complexity index is 693. The summed E-state index contributed by atoms with van der Waals surface area (Å²) in [6, 6.07) is 8.15. The van der Waals surface area contributed by atoms with E-state index in [4.69, 9.17) is 9.72 Å². The van der Waals surface area contributed by atoms with Gasteiger partial charge in [-0.2, -0.15) is 0 Å². The molecule has 5 heteroatoms. The van der Waals surface area contributed by atoms with Gasteiger partial charge >= 0.3 is 0 Å². The van der Waals surface area contributed by atoms with Crippen molar-refractivity contribution in [1.82, 2.24) is 14.5 Å². The van der Waals surface area contributed by atoms with Gasteiger partial charge in [0.2, 0.25) is 5.91 Å². The molecule has 23 heavy (non-hydrogen) atoms. The Balaban J connectivity index is 1.91. The van der Waals surface area contributed by atoms with Gasteiger partial charge in [0.15, 0.2) is 0 Å². The van der Waals surface area contributed by atoms with E-state index < -0.39 is 0 Å². The maximum absolute atomic E-state index is 12.3. The molecule has 1 aliphatic heterocycles. The molecule has 0 aliphatic carbocycles. The van der Waals surface area contributed by atoms with E-state index in [1.165, 1.54) is 0 Å². The molecule has 1 atom stereocenters.